The maximum absolute atomic E-state index is 14.0. The van der Waals surface area contributed by atoms with Crippen molar-refractivity contribution in [1.29, 1.82) is 0 Å². The number of hydrogen-bond acceptors (Lipinski definition) is 7. The minimum atomic E-state index is -4.88. The molecule has 0 saturated carbocycles. The number of alkyl halides is 3. The summed E-state index contributed by atoms with van der Waals surface area (Å²) < 4.78 is 80.5. The van der Waals surface area contributed by atoms with Crippen molar-refractivity contribution in [2.45, 2.75) is 57.2 Å². The Bertz CT molecular complexity index is 1330. The SMILES string of the molecule is CC/C(=C\c1ccc2c(c1)N(S(=O)(=O)c1cc(C(F)(F)F)cnc1OCCO)C[C@H](CCC(=O)O)O2)C(C)C. The van der Waals surface area contributed by atoms with Crippen molar-refractivity contribution in [2.75, 3.05) is 24.1 Å². The van der Waals surface area contributed by atoms with Crippen molar-refractivity contribution in [3.63, 3.8) is 0 Å². The number of halogens is 3. The van der Waals surface area contributed by atoms with Gasteiger partial charge in [-0.1, -0.05) is 38.5 Å². The summed E-state index contributed by atoms with van der Waals surface area (Å²) in [6.45, 7) is 4.77. The Morgan fingerprint density at radius 3 is 2.62 bits per heavy atom. The van der Waals surface area contributed by atoms with Crippen molar-refractivity contribution in [3.05, 3.63) is 47.2 Å². The van der Waals surface area contributed by atoms with Crippen LogP contribution in [0.25, 0.3) is 6.08 Å². The molecule has 0 fully saturated rings. The average Bonchev–Trinajstić information content (AvgIpc) is 2.87. The first kappa shape index (κ1) is 30.2. The van der Waals surface area contributed by atoms with Crippen molar-refractivity contribution >= 4 is 27.8 Å². The molecule has 0 unspecified atom stereocenters. The Hall–Kier alpha value is -3.32. The first-order chi connectivity index (χ1) is 18.3. The Labute approximate surface area is 224 Å². The third kappa shape index (κ3) is 7.21. The number of aliphatic hydroxyl groups is 1. The predicted molar refractivity (Wildman–Crippen MR) is 137 cm³/mol. The Morgan fingerprint density at radius 2 is 2.03 bits per heavy atom. The standard InChI is InChI=1S/C26H31F3N2O7S/c1-4-18(16(2)3)11-17-5-7-22-21(12-17)31(15-20(38-22)6-8-24(33)34)39(35,36)23-13-19(26(27,28)29)14-30-25(23)37-10-9-32/h5,7,11-14,16,20,32H,4,6,8-10,15H2,1-3H3,(H,33,34)/b18-11+/t20-/m0/s1. The summed E-state index contributed by atoms with van der Waals surface area (Å²) in [6.07, 6.45) is -2.99. The van der Waals surface area contributed by atoms with E-state index in [1.165, 1.54) is 0 Å². The molecule has 1 aromatic heterocycles. The van der Waals surface area contributed by atoms with Gasteiger partial charge in [-0.2, -0.15) is 13.2 Å². The molecule has 1 aliphatic rings. The van der Waals surface area contributed by atoms with E-state index in [0.29, 0.717) is 17.8 Å². The summed E-state index contributed by atoms with van der Waals surface area (Å²) in [6, 6.07) is 5.28. The fourth-order valence-electron chi connectivity index (χ4n) is 4.11. The van der Waals surface area contributed by atoms with Crippen molar-refractivity contribution in [3.8, 4) is 11.6 Å². The van der Waals surface area contributed by atoms with Gasteiger partial charge in [0.25, 0.3) is 10.0 Å². The number of carbonyl (C=O) groups is 1. The van der Waals surface area contributed by atoms with Crippen LogP contribution < -0.4 is 13.8 Å². The monoisotopic (exact) mass is 572 g/mol. The smallest absolute Gasteiger partial charge is 0.417 e. The van der Waals surface area contributed by atoms with E-state index in [9.17, 15) is 26.4 Å². The van der Waals surface area contributed by atoms with Gasteiger partial charge in [-0.15, -0.1) is 0 Å². The molecule has 0 spiro atoms. The van der Waals surface area contributed by atoms with Crippen LogP contribution in [0.15, 0.2) is 40.9 Å². The highest BCUT2D eigenvalue weighted by Gasteiger charge is 2.39. The zero-order valence-corrected chi connectivity index (χ0v) is 22.6. The maximum Gasteiger partial charge on any atom is 0.417 e. The van der Waals surface area contributed by atoms with Gasteiger partial charge < -0.3 is 19.7 Å². The van der Waals surface area contributed by atoms with Gasteiger partial charge in [0.1, 0.15) is 18.5 Å². The normalized spacial score (nSPS) is 16.2. The molecule has 214 valence electrons. The largest absolute Gasteiger partial charge is 0.486 e. The Balaban J connectivity index is 2.19. The number of sulfonamides is 1. The van der Waals surface area contributed by atoms with E-state index in [1.54, 1.807) is 18.2 Å². The molecule has 39 heavy (non-hydrogen) atoms. The highest BCUT2D eigenvalue weighted by Crippen LogP contribution is 2.41. The van der Waals surface area contributed by atoms with E-state index in [1.807, 2.05) is 26.8 Å². The average molecular weight is 573 g/mol. The number of carboxylic acids is 1. The molecular weight excluding hydrogens is 541 g/mol. The van der Waals surface area contributed by atoms with Crippen LogP contribution in [0.5, 0.6) is 11.6 Å². The second kappa shape index (κ2) is 12.2. The lowest BCUT2D eigenvalue weighted by Crippen LogP contribution is -2.44. The summed E-state index contributed by atoms with van der Waals surface area (Å²) in [5, 5.41) is 18.2. The number of fused-ring (bicyclic) bond motifs is 1. The second-order valence-electron chi connectivity index (χ2n) is 9.26. The number of aliphatic hydroxyl groups excluding tert-OH is 1. The van der Waals surface area contributed by atoms with Gasteiger partial charge in [0.05, 0.1) is 24.4 Å². The lowest BCUT2D eigenvalue weighted by Gasteiger charge is -2.36. The molecule has 3 rings (SSSR count). The minimum Gasteiger partial charge on any atom is -0.486 e. The van der Waals surface area contributed by atoms with Crippen LogP contribution >= 0.6 is 0 Å². The van der Waals surface area contributed by atoms with Crippen LogP contribution in [0.4, 0.5) is 18.9 Å². The number of aromatic nitrogens is 1. The summed E-state index contributed by atoms with van der Waals surface area (Å²) in [5.74, 6) is -1.35. The van der Waals surface area contributed by atoms with Crippen molar-refractivity contribution < 1.29 is 46.1 Å². The first-order valence-corrected chi connectivity index (χ1v) is 13.8. The molecule has 2 aromatic rings. The summed E-state index contributed by atoms with van der Waals surface area (Å²) in [7, 11) is -4.74. The van der Waals surface area contributed by atoms with E-state index in [2.05, 4.69) is 4.98 Å². The number of allylic oxidation sites excluding steroid dienone is 1. The third-order valence-corrected chi connectivity index (χ3v) is 7.91. The zero-order valence-electron chi connectivity index (χ0n) is 21.7. The highest BCUT2D eigenvalue weighted by atomic mass is 32.2. The van der Waals surface area contributed by atoms with Gasteiger partial charge in [0, 0.05) is 12.6 Å². The number of rotatable bonds is 11. The lowest BCUT2D eigenvalue weighted by atomic mass is 9.98. The molecule has 9 nitrogen and oxygen atoms in total. The molecule has 2 heterocycles. The van der Waals surface area contributed by atoms with E-state index in [-0.39, 0.29) is 36.7 Å². The quantitative estimate of drug-likeness (QED) is 0.395. The minimum absolute atomic E-state index is 0.0372. The van der Waals surface area contributed by atoms with Crippen LogP contribution in [-0.4, -0.2) is 55.4 Å². The summed E-state index contributed by atoms with van der Waals surface area (Å²) in [4.78, 5) is 13.9. The van der Waals surface area contributed by atoms with Crippen LogP contribution in [-0.2, 0) is 21.0 Å². The number of carboxylic acid groups (broad SMARTS) is 1. The highest BCUT2D eigenvalue weighted by molar-refractivity contribution is 7.93. The van der Waals surface area contributed by atoms with Gasteiger partial charge in [0.2, 0.25) is 5.88 Å². The van der Waals surface area contributed by atoms with Gasteiger partial charge in [-0.05, 0) is 42.5 Å². The first-order valence-electron chi connectivity index (χ1n) is 12.3. The van der Waals surface area contributed by atoms with Gasteiger partial charge in [-0.25, -0.2) is 13.4 Å². The lowest BCUT2D eigenvalue weighted by molar-refractivity contribution is -0.138. The van der Waals surface area contributed by atoms with Crippen molar-refractivity contribution in [2.24, 2.45) is 5.92 Å². The van der Waals surface area contributed by atoms with E-state index < -0.39 is 57.8 Å². The molecule has 0 saturated heterocycles. The number of hydrogen-bond donors (Lipinski definition) is 2. The topological polar surface area (TPSA) is 126 Å². The number of anilines is 1. The number of benzene rings is 1. The molecule has 1 aliphatic heterocycles. The number of pyridine rings is 1. The van der Waals surface area contributed by atoms with Crippen molar-refractivity contribution in [1.82, 2.24) is 4.98 Å². The third-order valence-electron chi connectivity index (χ3n) is 6.14. The molecular formula is C26H31F3N2O7S. The zero-order chi connectivity index (χ0) is 29.0. The summed E-state index contributed by atoms with van der Waals surface area (Å²) >= 11 is 0. The number of ether oxygens (including phenoxy) is 2. The molecule has 1 aromatic carbocycles. The van der Waals surface area contributed by atoms with Gasteiger partial charge in [0.15, 0.2) is 4.90 Å². The molecule has 0 radical (unpaired) electrons. The second-order valence-corrected chi connectivity index (χ2v) is 11.1. The predicted octanol–water partition coefficient (Wildman–Crippen LogP) is 4.74. The molecule has 0 bridgehead atoms. The molecule has 0 amide bonds. The molecule has 1 atom stereocenters. The maximum atomic E-state index is 14.0. The van der Waals surface area contributed by atoms with Crippen LogP contribution in [0.2, 0.25) is 0 Å². The molecule has 13 heteroatoms. The molecule has 0 aliphatic carbocycles. The number of aliphatic carboxylic acids is 1. The van der Waals surface area contributed by atoms with Crippen LogP contribution in [0.3, 0.4) is 0 Å². The fraction of sp³-hybridized carbons (Fsp3) is 0.462. The van der Waals surface area contributed by atoms with E-state index in [4.69, 9.17) is 19.7 Å². The van der Waals surface area contributed by atoms with E-state index in [0.717, 1.165) is 16.3 Å². The van der Waals surface area contributed by atoms with Crippen LogP contribution in [0, 0.1) is 5.92 Å². The molecule has 2 N–H and O–H groups in total. The van der Waals surface area contributed by atoms with Gasteiger partial charge >= 0.3 is 12.1 Å². The van der Waals surface area contributed by atoms with E-state index >= 15 is 0 Å². The Morgan fingerprint density at radius 1 is 1.31 bits per heavy atom. The fourth-order valence-corrected chi connectivity index (χ4v) is 5.72. The Kier molecular flexibility index (Phi) is 9.49. The number of nitrogens with zero attached hydrogens (tertiary/aromatic N) is 2. The van der Waals surface area contributed by atoms with Gasteiger partial charge in [-0.3, -0.25) is 9.10 Å². The summed E-state index contributed by atoms with van der Waals surface area (Å²) in [5.41, 5.74) is 0.544. The van der Waals surface area contributed by atoms with Crippen LogP contribution in [0.1, 0.15) is 51.2 Å².